The SMILES string of the molecule is CCCCCCCCCCCc1ccccc1Oc1ccc([O-])cc1S(=O)(=O)O.[K+]. The van der Waals surface area contributed by atoms with Crippen LogP contribution < -0.4 is 61.2 Å². The van der Waals surface area contributed by atoms with Gasteiger partial charge in [0.25, 0.3) is 10.1 Å². The van der Waals surface area contributed by atoms with Crippen molar-refractivity contribution in [2.24, 2.45) is 0 Å². The fourth-order valence-electron chi connectivity index (χ4n) is 3.33. The molecule has 0 radical (unpaired) electrons. The van der Waals surface area contributed by atoms with Crippen LogP contribution in [0.1, 0.15) is 70.3 Å². The van der Waals surface area contributed by atoms with Gasteiger partial charge in [0.15, 0.2) is 0 Å². The van der Waals surface area contributed by atoms with Crippen LogP contribution in [0.3, 0.4) is 0 Å². The summed E-state index contributed by atoms with van der Waals surface area (Å²) in [7, 11) is -4.55. The molecule has 0 unspecified atom stereocenters. The van der Waals surface area contributed by atoms with E-state index >= 15 is 0 Å². The first-order valence-corrected chi connectivity index (χ1v) is 11.9. The first kappa shape index (κ1) is 27.6. The largest absolute Gasteiger partial charge is 1.00 e. The van der Waals surface area contributed by atoms with Crippen molar-refractivity contribution in [3.8, 4) is 17.2 Å². The van der Waals surface area contributed by atoms with Gasteiger partial charge in [0.2, 0.25) is 0 Å². The average molecular weight is 459 g/mol. The number of hydrogen-bond acceptors (Lipinski definition) is 4. The van der Waals surface area contributed by atoms with Crippen LogP contribution in [0.25, 0.3) is 0 Å². The second-order valence-electron chi connectivity index (χ2n) is 7.37. The number of aryl methyl sites for hydroxylation is 1. The summed E-state index contributed by atoms with van der Waals surface area (Å²) in [5, 5.41) is 11.5. The third-order valence-corrected chi connectivity index (χ3v) is 5.81. The molecule has 0 bridgehead atoms. The fraction of sp³-hybridized carbons (Fsp3) is 0.478. The van der Waals surface area contributed by atoms with E-state index in [-0.39, 0.29) is 57.1 Å². The fourth-order valence-corrected chi connectivity index (χ4v) is 3.96. The molecule has 2 rings (SSSR count). The first-order valence-electron chi connectivity index (χ1n) is 10.5. The van der Waals surface area contributed by atoms with Crippen LogP contribution in [0.5, 0.6) is 17.2 Å². The van der Waals surface area contributed by atoms with Gasteiger partial charge in [-0.25, -0.2) is 0 Å². The Labute approximate surface area is 223 Å². The van der Waals surface area contributed by atoms with E-state index in [0.717, 1.165) is 30.9 Å². The van der Waals surface area contributed by atoms with Gasteiger partial charge in [-0.3, -0.25) is 4.55 Å². The molecular formula is C23H31KO5S. The Hall–Kier alpha value is -0.414. The molecule has 0 aliphatic rings. The molecule has 7 heteroatoms. The van der Waals surface area contributed by atoms with Gasteiger partial charge in [-0.1, -0.05) is 82.6 Å². The van der Waals surface area contributed by atoms with E-state index in [9.17, 15) is 18.1 Å². The Kier molecular flexibility index (Phi) is 13.5. The summed E-state index contributed by atoms with van der Waals surface area (Å²) in [4.78, 5) is -0.511. The molecule has 0 aliphatic carbocycles. The van der Waals surface area contributed by atoms with Crippen LogP contribution in [0.15, 0.2) is 47.4 Å². The van der Waals surface area contributed by atoms with E-state index < -0.39 is 20.8 Å². The molecule has 30 heavy (non-hydrogen) atoms. The van der Waals surface area contributed by atoms with Gasteiger partial charge >= 0.3 is 51.4 Å². The summed E-state index contributed by atoms with van der Waals surface area (Å²) in [6, 6.07) is 10.8. The second kappa shape index (κ2) is 14.6. The molecular weight excluding hydrogens is 427 g/mol. The van der Waals surface area contributed by atoms with Crippen molar-refractivity contribution in [2.45, 2.75) is 76.0 Å². The summed E-state index contributed by atoms with van der Waals surface area (Å²) >= 11 is 0. The molecule has 0 heterocycles. The Morgan fingerprint density at radius 1 is 0.867 bits per heavy atom. The molecule has 0 saturated heterocycles. The van der Waals surface area contributed by atoms with Crippen molar-refractivity contribution in [1.82, 2.24) is 0 Å². The Morgan fingerprint density at radius 2 is 1.47 bits per heavy atom. The van der Waals surface area contributed by atoms with Crippen molar-refractivity contribution in [2.75, 3.05) is 0 Å². The number of rotatable bonds is 13. The van der Waals surface area contributed by atoms with Crippen LogP contribution in [-0.4, -0.2) is 13.0 Å². The number of benzene rings is 2. The zero-order chi connectivity index (χ0) is 21.1. The van der Waals surface area contributed by atoms with Crippen molar-refractivity contribution in [1.29, 1.82) is 0 Å². The van der Waals surface area contributed by atoms with Crippen molar-refractivity contribution in [3.63, 3.8) is 0 Å². The molecule has 2 aromatic carbocycles. The number of para-hydroxylation sites is 1. The van der Waals surface area contributed by atoms with Gasteiger partial charge < -0.3 is 9.84 Å². The van der Waals surface area contributed by atoms with E-state index in [1.54, 1.807) is 6.07 Å². The molecule has 0 amide bonds. The van der Waals surface area contributed by atoms with Crippen LogP contribution >= 0.6 is 0 Å². The van der Waals surface area contributed by atoms with Gasteiger partial charge in [0.05, 0.1) is 0 Å². The molecule has 2 aromatic rings. The first-order chi connectivity index (χ1) is 13.9. The zero-order valence-corrected chi connectivity index (χ0v) is 22.0. The molecule has 0 atom stereocenters. The number of unbranched alkanes of at least 4 members (excludes halogenated alkanes) is 8. The topological polar surface area (TPSA) is 86.7 Å². The van der Waals surface area contributed by atoms with Crippen LogP contribution in [0.4, 0.5) is 0 Å². The third-order valence-electron chi connectivity index (χ3n) is 4.94. The minimum Gasteiger partial charge on any atom is -0.872 e. The second-order valence-corrected chi connectivity index (χ2v) is 8.76. The predicted octanol–water partition coefficient (Wildman–Crippen LogP) is 2.88. The summed E-state index contributed by atoms with van der Waals surface area (Å²) in [6.07, 6.45) is 12.0. The molecule has 0 spiro atoms. The van der Waals surface area contributed by atoms with Crippen LogP contribution in [0, 0.1) is 0 Å². The van der Waals surface area contributed by atoms with Gasteiger partial charge in [-0.15, -0.1) is 5.75 Å². The quantitative estimate of drug-likeness (QED) is 0.283. The molecule has 0 aliphatic heterocycles. The Balaban J connectivity index is 0.00000450. The van der Waals surface area contributed by atoms with Gasteiger partial charge in [0.1, 0.15) is 16.4 Å². The van der Waals surface area contributed by atoms with Crippen molar-refractivity contribution < 1.29 is 74.2 Å². The van der Waals surface area contributed by atoms with Gasteiger partial charge in [-0.05, 0) is 36.6 Å². The van der Waals surface area contributed by atoms with Crippen molar-refractivity contribution >= 4 is 10.1 Å². The average Bonchev–Trinajstić information content (AvgIpc) is 2.68. The number of ether oxygens (including phenoxy) is 1. The summed E-state index contributed by atoms with van der Waals surface area (Å²) in [5.74, 6) is -0.0183. The Morgan fingerprint density at radius 3 is 2.10 bits per heavy atom. The van der Waals surface area contributed by atoms with Gasteiger partial charge in [-0.2, -0.15) is 8.42 Å². The van der Waals surface area contributed by atoms with Gasteiger partial charge in [0, 0.05) is 0 Å². The molecule has 0 saturated carbocycles. The van der Waals surface area contributed by atoms with Crippen LogP contribution in [0.2, 0.25) is 0 Å². The number of hydrogen-bond donors (Lipinski definition) is 1. The van der Waals surface area contributed by atoms with E-state index in [1.807, 2.05) is 18.2 Å². The van der Waals surface area contributed by atoms with Crippen molar-refractivity contribution in [3.05, 3.63) is 48.0 Å². The van der Waals surface area contributed by atoms with E-state index in [4.69, 9.17) is 4.74 Å². The van der Waals surface area contributed by atoms with Crippen LogP contribution in [-0.2, 0) is 16.5 Å². The smallest absolute Gasteiger partial charge is 0.872 e. The summed E-state index contributed by atoms with van der Waals surface area (Å²) in [6.45, 7) is 2.23. The minimum absolute atomic E-state index is 0. The van der Waals surface area contributed by atoms with E-state index in [2.05, 4.69) is 6.92 Å². The standard InChI is InChI=1S/C23H32O5S.K/c1-2-3-4-5-6-7-8-9-10-13-19-14-11-12-15-21(19)28-22-17-16-20(24)18-23(22)29(25,26)27;/h11-12,14-18,24H,2-10,13H2,1H3,(H,25,26,27);/q;+1/p-1. The molecule has 160 valence electrons. The van der Waals surface area contributed by atoms with E-state index in [0.29, 0.717) is 5.75 Å². The maximum atomic E-state index is 11.6. The summed E-state index contributed by atoms with van der Waals surface area (Å²) < 4.78 is 38.3. The molecule has 0 fully saturated rings. The van der Waals surface area contributed by atoms with E-state index in [1.165, 1.54) is 57.1 Å². The summed E-state index contributed by atoms with van der Waals surface area (Å²) in [5.41, 5.74) is 0.975. The third kappa shape index (κ3) is 9.81. The maximum Gasteiger partial charge on any atom is 1.00 e. The molecule has 5 nitrogen and oxygen atoms in total. The minimum atomic E-state index is -4.55. The normalized spacial score (nSPS) is 11.1. The maximum absolute atomic E-state index is 11.6. The molecule has 1 N–H and O–H groups in total. The molecule has 0 aromatic heterocycles. The monoisotopic (exact) mass is 458 g/mol. The predicted molar refractivity (Wildman–Crippen MR) is 113 cm³/mol. The Bertz CT molecular complexity index is 868. The zero-order valence-electron chi connectivity index (χ0n) is 18.1.